The average molecular weight is 345 g/mol. The number of nitrogen functional groups attached to an aromatic ring is 1. The van der Waals surface area contributed by atoms with E-state index in [0.717, 1.165) is 5.56 Å². The maximum atomic E-state index is 12.1. The van der Waals surface area contributed by atoms with E-state index in [-0.39, 0.29) is 16.5 Å². The molecule has 0 aliphatic rings. The molecular weight excluding hydrogens is 331 g/mol. The van der Waals surface area contributed by atoms with Gasteiger partial charge in [0.15, 0.2) is 0 Å². The van der Waals surface area contributed by atoms with Crippen LogP contribution in [-0.4, -0.2) is 15.0 Å². The van der Waals surface area contributed by atoms with Crippen LogP contribution in [0.3, 0.4) is 0 Å². The maximum Gasteiger partial charge on any atom is 0.240 e. The molecular formula is C14H14Cl2N2O2S. The van der Waals surface area contributed by atoms with Crippen LogP contribution in [0.25, 0.3) is 0 Å². The molecule has 0 bridgehead atoms. The van der Waals surface area contributed by atoms with Crippen molar-refractivity contribution in [2.45, 2.75) is 11.3 Å². The lowest BCUT2D eigenvalue weighted by atomic mass is 10.1. The Morgan fingerprint density at radius 1 is 1.00 bits per heavy atom. The summed E-state index contributed by atoms with van der Waals surface area (Å²) in [7, 11) is -3.60. The SMILES string of the molecule is Nc1ccc(CCNS(=O)(=O)c2ccc(Cl)c(Cl)c2)cc1. The van der Waals surface area contributed by atoms with Crippen molar-refractivity contribution in [3.8, 4) is 0 Å². The zero-order valence-corrected chi connectivity index (χ0v) is 13.3. The monoisotopic (exact) mass is 344 g/mol. The number of anilines is 1. The normalized spacial score (nSPS) is 11.5. The zero-order valence-electron chi connectivity index (χ0n) is 11.0. The van der Waals surface area contributed by atoms with Crippen molar-refractivity contribution in [1.82, 2.24) is 4.72 Å². The van der Waals surface area contributed by atoms with Crippen LogP contribution in [0.15, 0.2) is 47.4 Å². The molecule has 0 fully saturated rings. The standard InChI is InChI=1S/C14H14Cl2N2O2S/c15-13-6-5-12(9-14(13)16)21(19,20)18-8-7-10-1-3-11(17)4-2-10/h1-6,9,18H,7-8,17H2. The van der Waals surface area contributed by atoms with Crippen molar-refractivity contribution in [3.05, 3.63) is 58.1 Å². The molecule has 0 saturated carbocycles. The summed E-state index contributed by atoms with van der Waals surface area (Å²) in [5, 5.41) is 0.524. The van der Waals surface area contributed by atoms with E-state index in [4.69, 9.17) is 28.9 Å². The molecule has 0 unspecified atom stereocenters. The Bertz CT molecular complexity index is 731. The lowest BCUT2D eigenvalue weighted by molar-refractivity contribution is 0.581. The van der Waals surface area contributed by atoms with Gasteiger partial charge in [-0.25, -0.2) is 13.1 Å². The van der Waals surface area contributed by atoms with E-state index in [1.165, 1.54) is 18.2 Å². The fraction of sp³-hybridized carbons (Fsp3) is 0.143. The van der Waals surface area contributed by atoms with Crippen LogP contribution >= 0.6 is 23.2 Å². The Labute approximate surface area is 133 Å². The van der Waals surface area contributed by atoms with Crippen molar-refractivity contribution in [1.29, 1.82) is 0 Å². The minimum absolute atomic E-state index is 0.0919. The van der Waals surface area contributed by atoms with Gasteiger partial charge < -0.3 is 5.73 Å². The predicted octanol–water partition coefficient (Wildman–Crippen LogP) is 3.10. The second kappa shape index (κ2) is 6.66. The summed E-state index contributed by atoms with van der Waals surface area (Å²) < 4.78 is 26.7. The van der Waals surface area contributed by atoms with E-state index >= 15 is 0 Å². The van der Waals surface area contributed by atoms with E-state index in [1.807, 2.05) is 12.1 Å². The highest BCUT2D eigenvalue weighted by atomic mass is 35.5. The summed E-state index contributed by atoms with van der Waals surface area (Å²) in [5.74, 6) is 0. The van der Waals surface area contributed by atoms with Crippen LogP contribution in [-0.2, 0) is 16.4 Å². The van der Waals surface area contributed by atoms with Crippen molar-refractivity contribution >= 4 is 38.9 Å². The highest BCUT2D eigenvalue weighted by molar-refractivity contribution is 7.89. The Hall–Kier alpha value is -1.27. The summed E-state index contributed by atoms with van der Waals surface area (Å²) in [4.78, 5) is 0.0919. The Morgan fingerprint density at radius 2 is 1.67 bits per heavy atom. The first kappa shape index (κ1) is 16.1. The summed E-state index contributed by atoms with van der Waals surface area (Å²) in [5.41, 5.74) is 7.27. The van der Waals surface area contributed by atoms with Gasteiger partial charge in [-0.2, -0.15) is 0 Å². The molecule has 0 aliphatic carbocycles. The molecule has 21 heavy (non-hydrogen) atoms. The smallest absolute Gasteiger partial charge is 0.240 e. The molecule has 0 saturated heterocycles. The third-order valence-corrected chi connectivity index (χ3v) is 5.08. The van der Waals surface area contributed by atoms with Gasteiger partial charge in [-0.05, 0) is 42.3 Å². The number of nitrogens with two attached hydrogens (primary N) is 1. The van der Waals surface area contributed by atoms with Gasteiger partial charge in [0.25, 0.3) is 0 Å². The fourth-order valence-corrected chi connectivity index (χ4v) is 3.16. The van der Waals surface area contributed by atoms with Gasteiger partial charge in [0.1, 0.15) is 0 Å². The number of nitrogens with one attached hydrogen (secondary N) is 1. The second-order valence-corrected chi connectivity index (χ2v) is 7.05. The molecule has 0 radical (unpaired) electrons. The van der Waals surface area contributed by atoms with Gasteiger partial charge in [0, 0.05) is 12.2 Å². The van der Waals surface area contributed by atoms with Crippen LogP contribution in [0.2, 0.25) is 10.0 Å². The molecule has 2 rings (SSSR count). The van der Waals surface area contributed by atoms with Crippen LogP contribution in [0, 0.1) is 0 Å². The largest absolute Gasteiger partial charge is 0.399 e. The van der Waals surface area contributed by atoms with Crippen LogP contribution in [0.4, 0.5) is 5.69 Å². The lowest BCUT2D eigenvalue weighted by Crippen LogP contribution is -2.26. The topological polar surface area (TPSA) is 72.2 Å². The molecule has 0 atom stereocenters. The first-order valence-corrected chi connectivity index (χ1v) is 8.41. The predicted molar refractivity (Wildman–Crippen MR) is 86.2 cm³/mol. The Morgan fingerprint density at radius 3 is 2.29 bits per heavy atom. The summed E-state index contributed by atoms with van der Waals surface area (Å²) in [6, 6.07) is 11.5. The molecule has 4 nitrogen and oxygen atoms in total. The first-order chi connectivity index (χ1) is 9.88. The fourth-order valence-electron chi connectivity index (χ4n) is 1.74. The Kier molecular flexibility index (Phi) is 5.11. The second-order valence-electron chi connectivity index (χ2n) is 4.47. The van der Waals surface area contributed by atoms with Gasteiger partial charge in [0.2, 0.25) is 10.0 Å². The van der Waals surface area contributed by atoms with Gasteiger partial charge >= 0.3 is 0 Å². The van der Waals surface area contributed by atoms with E-state index in [0.29, 0.717) is 17.1 Å². The molecule has 2 aromatic rings. The van der Waals surface area contributed by atoms with Crippen LogP contribution in [0.5, 0.6) is 0 Å². The van der Waals surface area contributed by atoms with E-state index in [2.05, 4.69) is 4.72 Å². The molecule has 112 valence electrons. The van der Waals surface area contributed by atoms with Crippen molar-refractivity contribution in [2.24, 2.45) is 0 Å². The van der Waals surface area contributed by atoms with Crippen LogP contribution in [0.1, 0.15) is 5.56 Å². The van der Waals surface area contributed by atoms with Gasteiger partial charge in [0.05, 0.1) is 14.9 Å². The molecule has 0 amide bonds. The molecule has 7 heteroatoms. The number of rotatable bonds is 5. The van der Waals surface area contributed by atoms with Crippen molar-refractivity contribution in [3.63, 3.8) is 0 Å². The zero-order chi connectivity index (χ0) is 15.5. The number of hydrogen-bond donors (Lipinski definition) is 2. The summed E-state index contributed by atoms with van der Waals surface area (Å²) in [6.07, 6.45) is 0.570. The third kappa shape index (κ3) is 4.35. The van der Waals surface area contributed by atoms with Gasteiger partial charge in [-0.3, -0.25) is 0 Å². The molecule has 0 spiro atoms. The minimum Gasteiger partial charge on any atom is -0.399 e. The molecule has 0 aromatic heterocycles. The van der Waals surface area contributed by atoms with Gasteiger partial charge in [-0.1, -0.05) is 35.3 Å². The highest BCUT2D eigenvalue weighted by Gasteiger charge is 2.14. The van der Waals surface area contributed by atoms with Crippen molar-refractivity contribution < 1.29 is 8.42 Å². The van der Waals surface area contributed by atoms with Gasteiger partial charge in [-0.15, -0.1) is 0 Å². The average Bonchev–Trinajstić information content (AvgIpc) is 2.44. The molecule has 0 heterocycles. The number of halogens is 2. The quantitative estimate of drug-likeness (QED) is 0.818. The van der Waals surface area contributed by atoms with Crippen LogP contribution < -0.4 is 10.5 Å². The van der Waals surface area contributed by atoms with E-state index < -0.39 is 10.0 Å². The van der Waals surface area contributed by atoms with E-state index in [1.54, 1.807) is 12.1 Å². The molecule has 3 N–H and O–H groups in total. The number of hydrogen-bond acceptors (Lipinski definition) is 3. The van der Waals surface area contributed by atoms with E-state index in [9.17, 15) is 8.42 Å². The molecule has 0 aliphatic heterocycles. The third-order valence-electron chi connectivity index (χ3n) is 2.89. The minimum atomic E-state index is -3.60. The number of benzene rings is 2. The summed E-state index contributed by atoms with van der Waals surface area (Å²) >= 11 is 11.6. The van der Waals surface area contributed by atoms with Crippen molar-refractivity contribution in [2.75, 3.05) is 12.3 Å². The number of sulfonamides is 1. The highest BCUT2D eigenvalue weighted by Crippen LogP contribution is 2.24. The first-order valence-electron chi connectivity index (χ1n) is 6.17. The maximum absolute atomic E-state index is 12.1. The Balaban J connectivity index is 2.01. The lowest BCUT2D eigenvalue weighted by Gasteiger charge is -2.08. The molecule has 2 aromatic carbocycles. The summed E-state index contributed by atoms with van der Waals surface area (Å²) in [6.45, 7) is 0.284.